The lowest BCUT2D eigenvalue weighted by molar-refractivity contribution is -0.115. The molecule has 0 saturated carbocycles. The van der Waals surface area contributed by atoms with Crippen molar-refractivity contribution in [2.75, 3.05) is 0 Å². The third-order valence-corrected chi connectivity index (χ3v) is 2.64. The SMILES string of the molecule is O=C1C=C2Cc3ccccc3C=C2N1. The van der Waals surface area contributed by atoms with Crippen LogP contribution in [0.2, 0.25) is 0 Å². The average Bonchev–Trinajstić information content (AvgIpc) is 2.53. The fraction of sp³-hybridized carbons (Fsp3) is 0.0833. The van der Waals surface area contributed by atoms with Crippen LogP contribution in [0.15, 0.2) is 41.6 Å². The molecule has 0 fully saturated rings. The molecule has 3 rings (SSSR count). The van der Waals surface area contributed by atoms with Gasteiger partial charge in [-0.2, -0.15) is 0 Å². The van der Waals surface area contributed by atoms with Crippen LogP contribution in [-0.2, 0) is 11.2 Å². The fourth-order valence-electron chi connectivity index (χ4n) is 1.96. The first kappa shape index (κ1) is 7.56. The fourth-order valence-corrected chi connectivity index (χ4v) is 1.96. The highest BCUT2D eigenvalue weighted by Gasteiger charge is 2.21. The van der Waals surface area contributed by atoms with Gasteiger partial charge in [0, 0.05) is 18.2 Å². The van der Waals surface area contributed by atoms with Gasteiger partial charge < -0.3 is 5.32 Å². The summed E-state index contributed by atoms with van der Waals surface area (Å²) in [4.78, 5) is 11.1. The molecule has 0 radical (unpaired) electrons. The summed E-state index contributed by atoms with van der Waals surface area (Å²) in [5.41, 5.74) is 4.57. The largest absolute Gasteiger partial charge is 0.322 e. The van der Waals surface area contributed by atoms with Gasteiger partial charge >= 0.3 is 0 Å². The van der Waals surface area contributed by atoms with Crippen molar-refractivity contribution < 1.29 is 4.79 Å². The number of amides is 1. The number of hydrogen-bond donors (Lipinski definition) is 1. The minimum atomic E-state index is -0.000874. The lowest BCUT2D eigenvalue weighted by Gasteiger charge is -2.14. The molecule has 2 nitrogen and oxygen atoms in total. The van der Waals surface area contributed by atoms with E-state index in [4.69, 9.17) is 0 Å². The van der Waals surface area contributed by atoms with E-state index in [9.17, 15) is 4.79 Å². The predicted octanol–water partition coefficient (Wildman–Crippen LogP) is 1.64. The molecule has 1 aliphatic heterocycles. The molecule has 1 aromatic rings. The van der Waals surface area contributed by atoms with Crippen LogP contribution in [0.3, 0.4) is 0 Å². The Balaban J connectivity index is 2.16. The zero-order valence-corrected chi connectivity index (χ0v) is 7.58. The number of rotatable bonds is 0. The van der Waals surface area contributed by atoms with Crippen LogP contribution in [0.25, 0.3) is 6.08 Å². The Bertz CT molecular complexity index is 483. The second kappa shape index (κ2) is 2.58. The lowest BCUT2D eigenvalue weighted by Crippen LogP contribution is -2.15. The van der Waals surface area contributed by atoms with E-state index in [1.54, 1.807) is 6.08 Å². The quantitative estimate of drug-likeness (QED) is 0.651. The first-order valence-corrected chi connectivity index (χ1v) is 4.64. The van der Waals surface area contributed by atoms with Gasteiger partial charge in [0.05, 0.1) is 0 Å². The number of hydrogen-bond acceptors (Lipinski definition) is 1. The van der Waals surface area contributed by atoms with Crippen molar-refractivity contribution in [2.24, 2.45) is 0 Å². The molecule has 14 heavy (non-hydrogen) atoms. The molecule has 68 valence electrons. The molecule has 1 amide bonds. The van der Waals surface area contributed by atoms with E-state index in [-0.39, 0.29) is 5.91 Å². The number of carbonyl (C=O) groups excluding carboxylic acids is 1. The minimum absolute atomic E-state index is 0.000874. The Morgan fingerprint density at radius 2 is 2.00 bits per heavy atom. The van der Waals surface area contributed by atoms with Crippen molar-refractivity contribution in [2.45, 2.75) is 6.42 Å². The van der Waals surface area contributed by atoms with Gasteiger partial charge in [-0.3, -0.25) is 4.79 Å². The second-order valence-corrected chi connectivity index (χ2v) is 3.59. The number of nitrogens with one attached hydrogen (secondary N) is 1. The van der Waals surface area contributed by atoms with Gasteiger partial charge in [-0.15, -0.1) is 0 Å². The van der Waals surface area contributed by atoms with Crippen LogP contribution in [0.1, 0.15) is 11.1 Å². The maximum atomic E-state index is 11.1. The van der Waals surface area contributed by atoms with E-state index in [2.05, 4.69) is 17.4 Å². The number of fused-ring (bicyclic) bond motifs is 2. The zero-order chi connectivity index (χ0) is 9.54. The van der Waals surface area contributed by atoms with Gasteiger partial charge in [-0.25, -0.2) is 0 Å². The highest BCUT2D eigenvalue weighted by Crippen LogP contribution is 2.28. The lowest BCUT2D eigenvalue weighted by atomic mass is 9.92. The summed E-state index contributed by atoms with van der Waals surface area (Å²) in [6.45, 7) is 0. The van der Waals surface area contributed by atoms with Crippen LogP contribution in [0.5, 0.6) is 0 Å². The summed E-state index contributed by atoms with van der Waals surface area (Å²) in [6, 6.07) is 8.22. The Labute approximate surface area is 81.9 Å². The topological polar surface area (TPSA) is 29.1 Å². The minimum Gasteiger partial charge on any atom is -0.322 e. The van der Waals surface area contributed by atoms with Crippen LogP contribution < -0.4 is 5.32 Å². The first-order chi connectivity index (χ1) is 6.83. The van der Waals surface area contributed by atoms with Gasteiger partial charge in [0.2, 0.25) is 5.91 Å². The van der Waals surface area contributed by atoms with Gasteiger partial charge in [0.15, 0.2) is 0 Å². The Hall–Kier alpha value is -1.83. The highest BCUT2D eigenvalue weighted by molar-refractivity contribution is 5.97. The van der Waals surface area contributed by atoms with Gasteiger partial charge in [-0.1, -0.05) is 24.3 Å². The average molecular weight is 183 g/mol. The van der Waals surface area contributed by atoms with Gasteiger partial charge in [0.1, 0.15) is 0 Å². The second-order valence-electron chi connectivity index (χ2n) is 3.59. The van der Waals surface area contributed by atoms with E-state index < -0.39 is 0 Å². The first-order valence-electron chi connectivity index (χ1n) is 4.64. The molecular weight excluding hydrogens is 174 g/mol. The number of allylic oxidation sites excluding steroid dienone is 1. The van der Waals surface area contributed by atoms with E-state index in [0.717, 1.165) is 17.7 Å². The molecule has 1 aliphatic carbocycles. The molecule has 0 spiro atoms. The summed E-state index contributed by atoms with van der Waals surface area (Å²) in [5, 5.41) is 2.83. The molecule has 0 bridgehead atoms. The van der Waals surface area contributed by atoms with Crippen LogP contribution in [0.4, 0.5) is 0 Å². The van der Waals surface area contributed by atoms with Crippen LogP contribution >= 0.6 is 0 Å². The van der Waals surface area contributed by atoms with E-state index in [1.165, 1.54) is 11.1 Å². The summed E-state index contributed by atoms with van der Waals surface area (Å²) in [6.07, 6.45) is 4.58. The van der Waals surface area contributed by atoms with E-state index >= 15 is 0 Å². The molecule has 0 atom stereocenters. The molecule has 0 unspecified atom stereocenters. The molecule has 2 aliphatic rings. The van der Waals surface area contributed by atoms with Crippen molar-refractivity contribution in [3.05, 3.63) is 52.7 Å². The maximum absolute atomic E-state index is 11.1. The standard InChI is InChI=1S/C12H9NO/c14-12-7-10-5-8-3-1-2-4-9(8)6-11(10)13-12/h1-4,6-7H,5H2,(H,13,14). The molecule has 1 N–H and O–H groups in total. The van der Waals surface area contributed by atoms with Gasteiger partial charge in [-0.05, 0) is 22.8 Å². The summed E-state index contributed by atoms with van der Waals surface area (Å²) in [5.74, 6) is -0.000874. The smallest absolute Gasteiger partial charge is 0.248 e. The summed E-state index contributed by atoms with van der Waals surface area (Å²) >= 11 is 0. The van der Waals surface area contributed by atoms with E-state index in [0.29, 0.717) is 0 Å². The summed E-state index contributed by atoms with van der Waals surface area (Å²) < 4.78 is 0. The van der Waals surface area contributed by atoms with Crippen molar-refractivity contribution in [3.8, 4) is 0 Å². The molecular formula is C12H9NO. The Kier molecular flexibility index (Phi) is 1.39. The zero-order valence-electron chi connectivity index (χ0n) is 7.58. The van der Waals surface area contributed by atoms with Crippen LogP contribution in [-0.4, -0.2) is 5.91 Å². The maximum Gasteiger partial charge on any atom is 0.248 e. The van der Waals surface area contributed by atoms with Crippen molar-refractivity contribution in [1.82, 2.24) is 5.32 Å². The van der Waals surface area contributed by atoms with Crippen molar-refractivity contribution >= 4 is 12.0 Å². The third-order valence-electron chi connectivity index (χ3n) is 2.64. The Morgan fingerprint density at radius 3 is 2.93 bits per heavy atom. The highest BCUT2D eigenvalue weighted by atomic mass is 16.1. The van der Waals surface area contributed by atoms with Crippen molar-refractivity contribution in [1.29, 1.82) is 0 Å². The molecule has 1 aromatic carbocycles. The molecule has 2 heteroatoms. The predicted molar refractivity (Wildman–Crippen MR) is 54.3 cm³/mol. The molecule has 0 aromatic heterocycles. The summed E-state index contributed by atoms with van der Waals surface area (Å²) in [7, 11) is 0. The third kappa shape index (κ3) is 1.01. The Morgan fingerprint density at radius 1 is 1.14 bits per heavy atom. The molecule has 0 saturated heterocycles. The van der Waals surface area contributed by atoms with Gasteiger partial charge in [0.25, 0.3) is 0 Å². The molecule has 1 heterocycles. The normalized spacial score (nSPS) is 17.9. The van der Waals surface area contributed by atoms with Crippen molar-refractivity contribution in [3.63, 3.8) is 0 Å². The van der Waals surface area contributed by atoms with Crippen LogP contribution in [0, 0.1) is 0 Å². The van der Waals surface area contributed by atoms with E-state index in [1.807, 2.05) is 18.2 Å². The monoisotopic (exact) mass is 183 g/mol. The number of benzene rings is 1. The number of carbonyl (C=O) groups is 1.